The van der Waals surface area contributed by atoms with Gasteiger partial charge in [-0.05, 0) is 25.7 Å². The molecule has 0 rings (SSSR count). The zero-order chi connectivity index (χ0) is 13.6. The van der Waals surface area contributed by atoms with E-state index in [0.29, 0.717) is 6.42 Å². The number of carboxylic acid groups (broad SMARTS) is 1. The summed E-state index contributed by atoms with van der Waals surface area (Å²) in [5.41, 5.74) is 0. The van der Waals surface area contributed by atoms with E-state index in [1.807, 2.05) is 18.2 Å². The van der Waals surface area contributed by atoms with E-state index in [0.717, 1.165) is 19.3 Å². The van der Waals surface area contributed by atoms with Gasteiger partial charge in [0.05, 0.1) is 6.10 Å². The molecule has 0 aliphatic rings. The topological polar surface area (TPSA) is 46.5 Å². The molecule has 0 heterocycles. The third-order valence-corrected chi connectivity index (χ3v) is 2.43. The molecule has 18 heavy (non-hydrogen) atoms. The fourth-order valence-electron chi connectivity index (χ4n) is 1.43. The molecule has 0 aromatic heterocycles. The van der Waals surface area contributed by atoms with Gasteiger partial charge >= 0.3 is 5.97 Å². The first-order valence-electron chi connectivity index (χ1n) is 6.43. The number of carboxylic acids is 1. The predicted octanol–water partition coefficient (Wildman–Crippen LogP) is 3.73. The number of methoxy groups -OCH3 is 1. The molecular weight excluding hydrogens is 228 g/mol. The normalized spacial score (nSPS) is 13.9. The van der Waals surface area contributed by atoms with Crippen molar-refractivity contribution in [3.05, 3.63) is 36.5 Å². The monoisotopic (exact) mass is 252 g/mol. The number of rotatable bonds is 10. The number of ether oxygens (including phenoxy) is 1. The quantitative estimate of drug-likeness (QED) is 0.476. The molecule has 3 nitrogen and oxygen atoms in total. The maximum Gasteiger partial charge on any atom is 0.303 e. The van der Waals surface area contributed by atoms with Crippen molar-refractivity contribution in [2.75, 3.05) is 7.11 Å². The zero-order valence-electron chi connectivity index (χ0n) is 11.3. The van der Waals surface area contributed by atoms with E-state index >= 15 is 0 Å². The lowest BCUT2D eigenvalue weighted by molar-refractivity contribution is -0.137. The van der Waals surface area contributed by atoms with Gasteiger partial charge in [0.2, 0.25) is 0 Å². The zero-order valence-corrected chi connectivity index (χ0v) is 11.3. The van der Waals surface area contributed by atoms with Gasteiger partial charge in [0.25, 0.3) is 0 Å². The van der Waals surface area contributed by atoms with Gasteiger partial charge in [-0.3, -0.25) is 4.79 Å². The molecule has 0 saturated carbocycles. The Morgan fingerprint density at radius 1 is 1.28 bits per heavy atom. The second-order valence-corrected chi connectivity index (χ2v) is 3.99. The summed E-state index contributed by atoms with van der Waals surface area (Å²) < 4.78 is 5.25. The standard InChI is InChI=1S/C15H24O3/c1-3-4-5-6-7-8-9-11-14(18-2)12-10-13-15(16)17/h4-5,7-9,11,14H,3,6,10,12-13H2,1-2H3,(H,16,17). The van der Waals surface area contributed by atoms with Crippen molar-refractivity contribution >= 4 is 5.97 Å². The van der Waals surface area contributed by atoms with Crippen LogP contribution in [-0.4, -0.2) is 24.3 Å². The summed E-state index contributed by atoms with van der Waals surface area (Å²) in [4.78, 5) is 10.4. The Kier molecular flexibility index (Phi) is 11.2. The van der Waals surface area contributed by atoms with Gasteiger partial charge in [0.15, 0.2) is 0 Å². The molecule has 0 saturated heterocycles. The van der Waals surface area contributed by atoms with E-state index in [1.165, 1.54) is 0 Å². The average molecular weight is 252 g/mol. The molecule has 0 aromatic carbocycles. The molecule has 1 unspecified atom stereocenters. The summed E-state index contributed by atoms with van der Waals surface area (Å²) >= 11 is 0. The minimum absolute atomic E-state index is 0.000170. The highest BCUT2D eigenvalue weighted by atomic mass is 16.5. The van der Waals surface area contributed by atoms with Crippen LogP contribution in [0.5, 0.6) is 0 Å². The molecule has 102 valence electrons. The molecule has 3 heteroatoms. The summed E-state index contributed by atoms with van der Waals surface area (Å²) in [6, 6.07) is 0. The Bertz CT molecular complexity index is 290. The number of aliphatic carboxylic acids is 1. The Morgan fingerprint density at radius 2 is 2.06 bits per heavy atom. The van der Waals surface area contributed by atoms with E-state index in [-0.39, 0.29) is 12.5 Å². The van der Waals surface area contributed by atoms with Crippen LogP contribution in [0.2, 0.25) is 0 Å². The molecule has 0 bridgehead atoms. The lowest BCUT2D eigenvalue weighted by Gasteiger charge is -2.08. The van der Waals surface area contributed by atoms with E-state index in [4.69, 9.17) is 9.84 Å². The third-order valence-electron chi connectivity index (χ3n) is 2.43. The maximum absolute atomic E-state index is 10.4. The second-order valence-electron chi connectivity index (χ2n) is 3.99. The van der Waals surface area contributed by atoms with Gasteiger partial charge in [0, 0.05) is 13.5 Å². The van der Waals surface area contributed by atoms with Gasteiger partial charge in [-0.1, -0.05) is 43.4 Å². The Morgan fingerprint density at radius 3 is 2.67 bits per heavy atom. The lowest BCUT2D eigenvalue weighted by atomic mass is 10.1. The average Bonchev–Trinajstić information content (AvgIpc) is 2.35. The van der Waals surface area contributed by atoms with Gasteiger partial charge in [-0.15, -0.1) is 0 Å². The molecule has 0 aliphatic carbocycles. The summed E-state index contributed by atoms with van der Waals surface area (Å²) in [5.74, 6) is -0.753. The summed E-state index contributed by atoms with van der Waals surface area (Å²) in [6.45, 7) is 2.11. The Labute approximate surface area is 110 Å². The largest absolute Gasteiger partial charge is 0.481 e. The first-order chi connectivity index (χ1) is 8.70. The van der Waals surface area contributed by atoms with Crippen LogP contribution in [0.25, 0.3) is 0 Å². The molecule has 1 N–H and O–H groups in total. The highest BCUT2D eigenvalue weighted by Gasteiger charge is 2.03. The van der Waals surface area contributed by atoms with Crippen molar-refractivity contribution in [1.82, 2.24) is 0 Å². The summed E-state index contributed by atoms with van der Waals surface area (Å²) in [6.07, 6.45) is 15.8. The molecule has 0 fully saturated rings. The predicted molar refractivity (Wildman–Crippen MR) is 74.6 cm³/mol. The van der Waals surface area contributed by atoms with Crippen molar-refractivity contribution in [3.8, 4) is 0 Å². The highest BCUT2D eigenvalue weighted by Crippen LogP contribution is 2.06. The van der Waals surface area contributed by atoms with Gasteiger partial charge < -0.3 is 9.84 Å². The minimum Gasteiger partial charge on any atom is -0.481 e. The van der Waals surface area contributed by atoms with E-state index < -0.39 is 5.97 Å². The van der Waals surface area contributed by atoms with E-state index in [2.05, 4.69) is 25.2 Å². The number of allylic oxidation sites excluding steroid dienone is 5. The molecular formula is C15H24O3. The molecule has 0 radical (unpaired) electrons. The number of hydrogen-bond acceptors (Lipinski definition) is 2. The van der Waals surface area contributed by atoms with Crippen molar-refractivity contribution in [2.45, 2.75) is 45.1 Å². The third kappa shape index (κ3) is 11.1. The van der Waals surface area contributed by atoms with Crippen LogP contribution in [0.3, 0.4) is 0 Å². The van der Waals surface area contributed by atoms with Gasteiger partial charge in [0.1, 0.15) is 0 Å². The minimum atomic E-state index is -0.753. The van der Waals surface area contributed by atoms with Crippen LogP contribution in [0.1, 0.15) is 39.0 Å². The van der Waals surface area contributed by atoms with Gasteiger partial charge in [-0.25, -0.2) is 0 Å². The highest BCUT2D eigenvalue weighted by molar-refractivity contribution is 5.66. The lowest BCUT2D eigenvalue weighted by Crippen LogP contribution is -2.07. The SMILES string of the molecule is CCC=CCC=CC=CC(CCCC(=O)O)OC. The molecule has 1 atom stereocenters. The smallest absolute Gasteiger partial charge is 0.303 e. The molecule has 0 aromatic rings. The van der Waals surface area contributed by atoms with Crippen LogP contribution in [0, 0.1) is 0 Å². The van der Waals surface area contributed by atoms with E-state index in [9.17, 15) is 4.79 Å². The van der Waals surface area contributed by atoms with Crippen molar-refractivity contribution in [2.24, 2.45) is 0 Å². The Hall–Kier alpha value is -1.35. The molecule has 0 spiro atoms. The van der Waals surface area contributed by atoms with Crippen LogP contribution in [-0.2, 0) is 9.53 Å². The second kappa shape index (κ2) is 12.1. The van der Waals surface area contributed by atoms with E-state index in [1.54, 1.807) is 7.11 Å². The first-order valence-corrected chi connectivity index (χ1v) is 6.43. The van der Waals surface area contributed by atoms with Gasteiger partial charge in [-0.2, -0.15) is 0 Å². The molecule has 0 aliphatic heterocycles. The fraction of sp³-hybridized carbons (Fsp3) is 0.533. The van der Waals surface area contributed by atoms with Crippen LogP contribution in [0.4, 0.5) is 0 Å². The van der Waals surface area contributed by atoms with Crippen LogP contribution < -0.4 is 0 Å². The Balaban J connectivity index is 3.82. The number of hydrogen-bond donors (Lipinski definition) is 1. The summed E-state index contributed by atoms with van der Waals surface area (Å²) in [7, 11) is 1.64. The van der Waals surface area contributed by atoms with Crippen molar-refractivity contribution in [1.29, 1.82) is 0 Å². The van der Waals surface area contributed by atoms with Crippen LogP contribution >= 0.6 is 0 Å². The molecule has 0 amide bonds. The maximum atomic E-state index is 10.4. The van der Waals surface area contributed by atoms with Crippen molar-refractivity contribution in [3.63, 3.8) is 0 Å². The summed E-state index contributed by atoms with van der Waals surface area (Å²) in [5, 5.41) is 8.54. The number of carbonyl (C=O) groups is 1. The van der Waals surface area contributed by atoms with Crippen molar-refractivity contribution < 1.29 is 14.6 Å². The van der Waals surface area contributed by atoms with Crippen LogP contribution in [0.15, 0.2) is 36.5 Å². The fourth-order valence-corrected chi connectivity index (χ4v) is 1.43. The first kappa shape index (κ1) is 16.6.